The van der Waals surface area contributed by atoms with Gasteiger partial charge in [0, 0.05) is 11.4 Å². The molecule has 0 saturated heterocycles. The summed E-state index contributed by atoms with van der Waals surface area (Å²) in [6.07, 6.45) is 2.33. The first-order valence-electron chi connectivity index (χ1n) is 3.67. The topological polar surface area (TPSA) is 42.9 Å². The van der Waals surface area contributed by atoms with Gasteiger partial charge in [0.05, 0.1) is 0 Å². The highest BCUT2D eigenvalue weighted by Crippen LogP contribution is 2.17. The van der Waals surface area contributed by atoms with E-state index in [1.54, 1.807) is 24.0 Å². The van der Waals surface area contributed by atoms with Gasteiger partial charge in [-0.1, -0.05) is 25.6 Å². The molecule has 0 amide bonds. The standard InChI is InChI=1S/C8H10N2OS/c1-6(2)12-8-9-4-3-7(5-11)10-8/h3-6H,1-2H3. The van der Waals surface area contributed by atoms with E-state index in [1.165, 1.54) is 0 Å². The molecule has 64 valence electrons. The summed E-state index contributed by atoms with van der Waals surface area (Å²) < 4.78 is 0. The van der Waals surface area contributed by atoms with Gasteiger partial charge >= 0.3 is 0 Å². The molecule has 0 aliphatic heterocycles. The molecule has 0 saturated carbocycles. The van der Waals surface area contributed by atoms with Gasteiger partial charge in [0.2, 0.25) is 0 Å². The highest BCUT2D eigenvalue weighted by atomic mass is 32.2. The number of aldehydes is 1. The van der Waals surface area contributed by atoms with Crippen molar-refractivity contribution in [1.29, 1.82) is 0 Å². The average Bonchev–Trinajstić information content (AvgIpc) is 2.03. The van der Waals surface area contributed by atoms with Gasteiger partial charge in [0.1, 0.15) is 5.69 Å². The van der Waals surface area contributed by atoms with Crippen LogP contribution in [-0.2, 0) is 0 Å². The monoisotopic (exact) mass is 182 g/mol. The molecule has 1 aromatic heterocycles. The van der Waals surface area contributed by atoms with Gasteiger partial charge in [-0.2, -0.15) is 0 Å². The molecule has 1 rings (SSSR count). The lowest BCUT2D eigenvalue weighted by molar-refractivity contribution is 0.111. The quantitative estimate of drug-likeness (QED) is 0.406. The van der Waals surface area contributed by atoms with E-state index < -0.39 is 0 Å². The fraction of sp³-hybridized carbons (Fsp3) is 0.375. The summed E-state index contributed by atoms with van der Waals surface area (Å²) >= 11 is 1.55. The van der Waals surface area contributed by atoms with Crippen LogP contribution in [-0.4, -0.2) is 21.5 Å². The summed E-state index contributed by atoms with van der Waals surface area (Å²) in [5.41, 5.74) is 0.438. The van der Waals surface area contributed by atoms with Crippen LogP contribution in [0.3, 0.4) is 0 Å². The molecule has 4 heteroatoms. The lowest BCUT2D eigenvalue weighted by atomic mass is 10.5. The van der Waals surface area contributed by atoms with Crippen molar-refractivity contribution in [2.45, 2.75) is 24.3 Å². The molecule has 0 radical (unpaired) electrons. The van der Waals surface area contributed by atoms with Crippen LogP contribution in [0.2, 0.25) is 0 Å². The third-order valence-electron chi connectivity index (χ3n) is 1.12. The molecule has 12 heavy (non-hydrogen) atoms. The molecule has 3 nitrogen and oxygen atoms in total. The number of hydrogen-bond acceptors (Lipinski definition) is 4. The van der Waals surface area contributed by atoms with Gasteiger partial charge in [-0.3, -0.25) is 4.79 Å². The number of carbonyl (C=O) groups excluding carboxylic acids is 1. The Balaban J connectivity index is 2.79. The van der Waals surface area contributed by atoms with Crippen LogP contribution in [0, 0.1) is 0 Å². The zero-order valence-electron chi connectivity index (χ0n) is 7.02. The minimum absolute atomic E-state index is 0.437. The van der Waals surface area contributed by atoms with Crippen molar-refractivity contribution in [3.05, 3.63) is 18.0 Å². The van der Waals surface area contributed by atoms with Crippen molar-refractivity contribution < 1.29 is 4.79 Å². The number of nitrogens with zero attached hydrogens (tertiary/aromatic N) is 2. The SMILES string of the molecule is CC(C)Sc1nccc(C=O)n1. The minimum Gasteiger partial charge on any atom is -0.296 e. The van der Waals surface area contributed by atoms with Crippen LogP contribution < -0.4 is 0 Å². The third-order valence-corrected chi connectivity index (χ3v) is 2.00. The van der Waals surface area contributed by atoms with Crippen LogP contribution in [0.25, 0.3) is 0 Å². The van der Waals surface area contributed by atoms with E-state index >= 15 is 0 Å². The molecule has 0 spiro atoms. The second kappa shape index (κ2) is 4.21. The lowest BCUT2D eigenvalue weighted by Gasteiger charge is -2.01. The zero-order valence-corrected chi connectivity index (χ0v) is 7.84. The van der Waals surface area contributed by atoms with E-state index in [0.717, 1.165) is 6.29 Å². The molecule has 1 aromatic rings. The van der Waals surface area contributed by atoms with Crippen molar-refractivity contribution >= 4 is 18.0 Å². The highest BCUT2D eigenvalue weighted by Gasteiger charge is 2.01. The average molecular weight is 182 g/mol. The highest BCUT2D eigenvalue weighted by molar-refractivity contribution is 7.99. The van der Waals surface area contributed by atoms with E-state index in [0.29, 0.717) is 16.1 Å². The molecule has 0 fully saturated rings. The molecule has 1 heterocycles. The Morgan fingerprint density at radius 1 is 1.58 bits per heavy atom. The van der Waals surface area contributed by atoms with E-state index in [9.17, 15) is 4.79 Å². The summed E-state index contributed by atoms with van der Waals surface area (Å²) in [5, 5.41) is 1.10. The number of rotatable bonds is 3. The second-order valence-corrected chi connectivity index (χ2v) is 4.09. The Labute approximate surface area is 75.6 Å². The fourth-order valence-electron chi connectivity index (χ4n) is 0.687. The maximum Gasteiger partial charge on any atom is 0.188 e. The van der Waals surface area contributed by atoms with Crippen molar-refractivity contribution in [2.75, 3.05) is 0 Å². The van der Waals surface area contributed by atoms with Crippen molar-refractivity contribution in [1.82, 2.24) is 9.97 Å². The molecule has 0 atom stereocenters. The summed E-state index contributed by atoms with van der Waals surface area (Å²) in [5.74, 6) is 0. The Hall–Kier alpha value is -0.900. The Morgan fingerprint density at radius 3 is 2.92 bits per heavy atom. The lowest BCUT2D eigenvalue weighted by Crippen LogP contribution is -1.95. The zero-order chi connectivity index (χ0) is 8.97. The first-order chi connectivity index (χ1) is 5.72. The van der Waals surface area contributed by atoms with Crippen LogP contribution >= 0.6 is 11.8 Å². The maximum atomic E-state index is 10.3. The molecule has 0 aliphatic rings. The number of thioether (sulfide) groups is 1. The van der Waals surface area contributed by atoms with E-state index in [4.69, 9.17) is 0 Å². The van der Waals surface area contributed by atoms with Crippen molar-refractivity contribution in [2.24, 2.45) is 0 Å². The van der Waals surface area contributed by atoms with E-state index in [2.05, 4.69) is 23.8 Å². The molecule has 0 aromatic carbocycles. The summed E-state index contributed by atoms with van der Waals surface area (Å²) in [7, 11) is 0. The normalized spacial score (nSPS) is 10.2. The first-order valence-corrected chi connectivity index (χ1v) is 4.55. The smallest absolute Gasteiger partial charge is 0.188 e. The molecular formula is C8H10N2OS. The largest absolute Gasteiger partial charge is 0.296 e. The van der Waals surface area contributed by atoms with Crippen molar-refractivity contribution in [3.63, 3.8) is 0 Å². The Bertz CT molecular complexity index is 276. The van der Waals surface area contributed by atoms with Gasteiger partial charge in [-0.05, 0) is 6.07 Å². The van der Waals surface area contributed by atoms with Gasteiger partial charge in [-0.25, -0.2) is 9.97 Å². The fourth-order valence-corrected chi connectivity index (χ4v) is 1.39. The Kier molecular flexibility index (Phi) is 3.22. The van der Waals surface area contributed by atoms with Gasteiger partial charge in [0.15, 0.2) is 11.4 Å². The Morgan fingerprint density at radius 2 is 2.33 bits per heavy atom. The van der Waals surface area contributed by atoms with Crippen LogP contribution in [0.1, 0.15) is 24.3 Å². The number of aromatic nitrogens is 2. The summed E-state index contributed by atoms with van der Waals surface area (Å²) in [4.78, 5) is 18.4. The van der Waals surface area contributed by atoms with Gasteiger partial charge < -0.3 is 0 Å². The maximum absolute atomic E-state index is 10.3. The number of carbonyl (C=O) groups is 1. The summed E-state index contributed by atoms with van der Waals surface area (Å²) in [6, 6.07) is 1.59. The second-order valence-electron chi connectivity index (χ2n) is 2.55. The molecule has 0 unspecified atom stereocenters. The van der Waals surface area contributed by atoms with Gasteiger partial charge in [-0.15, -0.1) is 0 Å². The van der Waals surface area contributed by atoms with Crippen LogP contribution in [0.15, 0.2) is 17.4 Å². The van der Waals surface area contributed by atoms with Crippen molar-refractivity contribution in [3.8, 4) is 0 Å². The minimum atomic E-state index is 0.437. The molecular weight excluding hydrogens is 172 g/mol. The predicted molar refractivity (Wildman–Crippen MR) is 48.4 cm³/mol. The molecule has 0 N–H and O–H groups in total. The van der Waals surface area contributed by atoms with E-state index in [1.807, 2.05) is 0 Å². The predicted octanol–water partition coefficient (Wildman–Crippen LogP) is 1.79. The van der Waals surface area contributed by atoms with E-state index in [-0.39, 0.29) is 0 Å². The third kappa shape index (κ3) is 2.62. The molecule has 0 aliphatic carbocycles. The first kappa shape index (κ1) is 9.19. The summed E-state index contributed by atoms with van der Waals surface area (Å²) in [6.45, 7) is 4.11. The van der Waals surface area contributed by atoms with Gasteiger partial charge in [0.25, 0.3) is 0 Å². The van der Waals surface area contributed by atoms with Crippen LogP contribution in [0.4, 0.5) is 0 Å². The number of hydrogen-bond donors (Lipinski definition) is 0. The molecule has 0 bridgehead atoms. The van der Waals surface area contributed by atoms with Crippen LogP contribution in [0.5, 0.6) is 0 Å².